The van der Waals surface area contributed by atoms with Crippen LogP contribution in [0.2, 0.25) is 0 Å². The van der Waals surface area contributed by atoms with E-state index in [0.29, 0.717) is 18.1 Å². The van der Waals surface area contributed by atoms with Crippen molar-refractivity contribution in [2.24, 2.45) is 11.8 Å². The van der Waals surface area contributed by atoms with Gasteiger partial charge in [0.25, 0.3) is 0 Å². The van der Waals surface area contributed by atoms with Gasteiger partial charge in [-0.25, -0.2) is 0 Å². The van der Waals surface area contributed by atoms with E-state index in [2.05, 4.69) is 44.8 Å². The molecule has 20 heavy (non-hydrogen) atoms. The Bertz CT molecular complexity index is 257. The molecule has 1 rings (SSSR count). The van der Waals surface area contributed by atoms with E-state index in [9.17, 15) is 0 Å². The van der Waals surface area contributed by atoms with E-state index in [4.69, 9.17) is 4.74 Å². The van der Waals surface area contributed by atoms with E-state index < -0.39 is 0 Å². The highest BCUT2D eigenvalue weighted by Crippen LogP contribution is 2.23. The lowest BCUT2D eigenvalue weighted by atomic mass is 9.91. The third-order valence-corrected chi connectivity index (χ3v) is 4.84. The predicted octanol–water partition coefficient (Wildman–Crippen LogP) is 3.15. The number of methoxy groups -OCH3 is 1. The summed E-state index contributed by atoms with van der Waals surface area (Å²) in [6.45, 7) is 14.9. The highest BCUT2D eigenvalue weighted by Gasteiger charge is 2.33. The third kappa shape index (κ3) is 5.34. The molecule has 1 aliphatic heterocycles. The molecule has 0 radical (unpaired) electrons. The van der Waals surface area contributed by atoms with E-state index in [1.165, 1.54) is 19.4 Å². The molecule has 3 nitrogen and oxygen atoms in total. The van der Waals surface area contributed by atoms with Gasteiger partial charge in [0, 0.05) is 44.9 Å². The van der Waals surface area contributed by atoms with Gasteiger partial charge in [-0.2, -0.15) is 0 Å². The normalized spacial score (nSPS) is 27.8. The van der Waals surface area contributed by atoms with Crippen LogP contribution in [-0.2, 0) is 4.74 Å². The molecule has 4 unspecified atom stereocenters. The summed E-state index contributed by atoms with van der Waals surface area (Å²) >= 11 is 0. The Hall–Kier alpha value is -0.120. The van der Waals surface area contributed by atoms with Crippen molar-refractivity contribution < 1.29 is 4.74 Å². The van der Waals surface area contributed by atoms with Crippen LogP contribution in [0.3, 0.4) is 0 Å². The van der Waals surface area contributed by atoms with Crippen LogP contribution >= 0.6 is 0 Å². The van der Waals surface area contributed by atoms with E-state index in [0.717, 1.165) is 31.4 Å². The van der Waals surface area contributed by atoms with E-state index in [1.54, 1.807) is 7.11 Å². The van der Waals surface area contributed by atoms with Crippen LogP contribution in [0.1, 0.15) is 53.9 Å². The monoisotopic (exact) mass is 284 g/mol. The SMILES string of the molecule is CCC(C)C1CNC(CC(C)C)CN1C(C)CCOC. The zero-order valence-electron chi connectivity index (χ0n) is 14.5. The fraction of sp³-hybridized carbons (Fsp3) is 1.00. The van der Waals surface area contributed by atoms with Gasteiger partial charge in [-0.05, 0) is 31.6 Å². The Morgan fingerprint density at radius 2 is 1.95 bits per heavy atom. The highest BCUT2D eigenvalue weighted by molar-refractivity contribution is 4.91. The van der Waals surface area contributed by atoms with Crippen molar-refractivity contribution in [3.05, 3.63) is 0 Å². The number of rotatable bonds is 8. The molecule has 0 amide bonds. The van der Waals surface area contributed by atoms with Gasteiger partial charge in [0.2, 0.25) is 0 Å². The first kappa shape index (κ1) is 17.9. The lowest BCUT2D eigenvalue weighted by Crippen LogP contribution is -2.61. The minimum Gasteiger partial charge on any atom is -0.385 e. The maximum Gasteiger partial charge on any atom is 0.0477 e. The smallest absolute Gasteiger partial charge is 0.0477 e. The summed E-state index contributed by atoms with van der Waals surface area (Å²) in [6, 6.07) is 1.95. The van der Waals surface area contributed by atoms with Crippen LogP contribution in [-0.4, -0.2) is 49.8 Å². The fourth-order valence-electron chi connectivity index (χ4n) is 3.35. The maximum atomic E-state index is 5.27. The summed E-state index contributed by atoms with van der Waals surface area (Å²) in [5, 5.41) is 3.78. The Kier molecular flexibility index (Phi) is 8.08. The molecule has 1 saturated heterocycles. The molecule has 1 aliphatic rings. The van der Waals surface area contributed by atoms with Crippen LogP contribution in [0.4, 0.5) is 0 Å². The van der Waals surface area contributed by atoms with Gasteiger partial charge in [0.05, 0.1) is 0 Å². The summed E-state index contributed by atoms with van der Waals surface area (Å²) in [4.78, 5) is 2.75. The molecular formula is C17H36N2O. The molecule has 1 N–H and O–H groups in total. The van der Waals surface area contributed by atoms with Gasteiger partial charge >= 0.3 is 0 Å². The van der Waals surface area contributed by atoms with E-state index in [1.807, 2.05) is 0 Å². The molecule has 0 aromatic heterocycles. The Morgan fingerprint density at radius 1 is 1.25 bits per heavy atom. The van der Waals surface area contributed by atoms with Crippen molar-refractivity contribution in [1.29, 1.82) is 0 Å². The zero-order chi connectivity index (χ0) is 15.1. The molecular weight excluding hydrogens is 248 g/mol. The summed E-state index contributed by atoms with van der Waals surface area (Å²) < 4.78 is 5.27. The third-order valence-electron chi connectivity index (χ3n) is 4.84. The van der Waals surface area contributed by atoms with Crippen molar-refractivity contribution in [1.82, 2.24) is 10.2 Å². The van der Waals surface area contributed by atoms with Crippen LogP contribution in [0, 0.1) is 11.8 Å². The second-order valence-electron chi connectivity index (χ2n) is 7.01. The van der Waals surface area contributed by atoms with Gasteiger partial charge in [-0.1, -0.05) is 34.1 Å². The number of piperazine rings is 1. The Balaban J connectivity index is 2.66. The summed E-state index contributed by atoms with van der Waals surface area (Å²) in [6.07, 6.45) is 3.67. The lowest BCUT2D eigenvalue weighted by molar-refractivity contribution is 0.0383. The van der Waals surface area contributed by atoms with Crippen molar-refractivity contribution >= 4 is 0 Å². The number of ether oxygens (including phenoxy) is 1. The van der Waals surface area contributed by atoms with Crippen LogP contribution in [0.15, 0.2) is 0 Å². The molecule has 0 spiro atoms. The second-order valence-corrected chi connectivity index (χ2v) is 7.01. The first-order valence-electron chi connectivity index (χ1n) is 8.47. The average molecular weight is 284 g/mol. The summed E-state index contributed by atoms with van der Waals surface area (Å²) in [7, 11) is 1.80. The molecule has 120 valence electrons. The molecule has 3 heteroatoms. The largest absolute Gasteiger partial charge is 0.385 e. The van der Waals surface area contributed by atoms with Crippen molar-refractivity contribution in [3.63, 3.8) is 0 Å². The molecule has 0 saturated carbocycles. The highest BCUT2D eigenvalue weighted by atomic mass is 16.5. The second kappa shape index (κ2) is 9.01. The average Bonchev–Trinajstić information content (AvgIpc) is 2.43. The summed E-state index contributed by atoms with van der Waals surface area (Å²) in [5.74, 6) is 1.52. The molecule has 0 bridgehead atoms. The Labute approximate surface area is 126 Å². The lowest BCUT2D eigenvalue weighted by Gasteiger charge is -2.46. The maximum absolute atomic E-state index is 5.27. The minimum absolute atomic E-state index is 0.616. The van der Waals surface area contributed by atoms with E-state index in [-0.39, 0.29) is 0 Å². The van der Waals surface area contributed by atoms with Gasteiger partial charge < -0.3 is 10.1 Å². The van der Waals surface area contributed by atoms with Gasteiger partial charge in [0.1, 0.15) is 0 Å². The van der Waals surface area contributed by atoms with Crippen LogP contribution < -0.4 is 5.32 Å². The Morgan fingerprint density at radius 3 is 2.50 bits per heavy atom. The molecule has 0 aliphatic carbocycles. The summed E-state index contributed by atoms with van der Waals surface area (Å²) in [5.41, 5.74) is 0. The minimum atomic E-state index is 0.616. The van der Waals surface area contributed by atoms with Gasteiger partial charge in [0.15, 0.2) is 0 Å². The number of hydrogen-bond acceptors (Lipinski definition) is 3. The molecule has 1 fully saturated rings. The predicted molar refractivity (Wildman–Crippen MR) is 87.1 cm³/mol. The van der Waals surface area contributed by atoms with Gasteiger partial charge in [-0.3, -0.25) is 4.90 Å². The number of nitrogens with one attached hydrogen (secondary N) is 1. The molecule has 0 aromatic rings. The topological polar surface area (TPSA) is 24.5 Å². The number of hydrogen-bond donors (Lipinski definition) is 1. The van der Waals surface area contributed by atoms with Gasteiger partial charge in [-0.15, -0.1) is 0 Å². The standard InChI is InChI=1S/C17H36N2O/c1-7-14(4)17-11-18-16(10-13(2)3)12-19(17)15(5)8-9-20-6/h13-18H,7-12H2,1-6H3. The molecule has 4 atom stereocenters. The number of nitrogens with zero attached hydrogens (tertiary/aromatic N) is 1. The quantitative estimate of drug-likeness (QED) is 0.741. The van der Waals surface area contributed by atoms with E-state index >= 15 is 0 Å². The van der Waals surface area contributed by atoms with Crippen LogP contribution in [0.5, 0.6) is 0 Å². The first-order valence-corrected chi connectivity index (χ1v) is 8.47. The van der Waals surface area contributed by atoms with Crippen LogP contribution in [0.25, 0.3) is 0 Å². The fourth-order valence-corrected chi connectivity index (χ4v) is 3.35. The van der Waals surface area contributed by atoms with Crippen molar-refractivity contribution in [2.75, 3.05) is 26.8 Å². The van der Waals surface area contributed by atoms with Crippen molar-refractivity contribution in [3.8, 4) is 0 Å². The zero-order valence-corrected chi connectivity index (χ0v) is 14.5. The molecule has 0 aromatic carbocycles. The first-order chi connectivity index (χ1) is 9.49. The van der Waals surface area contributed by atoms with Crippen molar-refractivity contribution in [2.45, 2.75) is 72.0 Å². The molecule has 1 heterocycles.